The second-order valence-corrected chi connectivity index (χ2v) is 9.86. The van der Waals surface area contributed by atoms with E-state index >= 15 is 0 Å². The minimum absolute atomic E-state index is 0.102. The zero-order chi connectivity index (χ0) is 23.5. The molecule has 1 aromatic heterocycles. The normalized spacial score (nSPS) is 18.6. The summed E-state index contributed by atoms with van der Waals surface area (Å²) in [7, 11) is 0. The van der Waals surface area contributed by atoms with Gasteiger partial charge in [-0.05, 0) is 55.9 Å². The molecular formula is C28H33N3O3. The summed E-state index contributed by atoms with van der Waals surface area (Å²) in [6.45, 7) is 0. The minimum atomic E-state index is -0.952. The lowest BCUT2D eigenvalue weighted by atomic mass is 9.82. The fourth-order valence-electron chi connectivity index (χ4n) is 5.82. The maximum atomic E-state index is 13.9. The number of aromatic carboxylic acids is 1. The molecule has 1 atom stereocenters. The number of carboxylic acid groups (broad SMARTS) is 1. The number of carbonyl (C=O) groups excluding carboxylic acids is 1. The fraction of sp³-hybridized carbons (Fsp3) is 0.464. The number of carbonyl (C=O) groups is 2. The molecule has 0 radical (unpaired) electrons. The molecule has 5 rings (SSSR count). The molecule has 178 valence electrons. The summed E-state index contributed by atoms with van der Waals surface area (Å²) in [6.07, 6.45) is 11.3. The Morgan fingerprint density at radius 1 is 0.882 bits per heavy atom. The van der Waals surface area contributed by atoms with Crippen LogP contribution in [-0.4, -0.2) is 32.6 Å². The van der Waals surface area contributed by atoms with Crippen LogP contribution in [0.2, 0.25) is 0 Å². The second kappa shape index (κ2) is 10.00. The lowest BCUT2D eigenvalue weighted by Crippen LogP contribution is -2.43. The monoisotopic (exact) mass is 459 g/mol. The third kappa shape index (κ3) is 4.59. The van der Waals surface area contributed by atoms with Crippen molar-refractivity contribution < 1.29 is 14.7 Å². The summed E-state index contributed by atoms with van der Waals surface area (Å²) in [5.41, 5.74) is 2.87. The summed E-state index contributed by atoms with van der Waals surface area (Å²) in [6, 6.07) is 14.7. The van der Waals surface area contributed by atoms with Gasteiger partial charge in [0.05, 0.1) is 16.6 Å². The summed E-state index contributed by atoms with van der Waals surface area (Å²) < 4.78 is 2.14. The predicted molar refractivity (Wildman–Crippen MR) is 133 cm³/mol. The molecule has 1 unspecified atom stereocenters. The first-order chi connectivity index (χ1) is 16.6. The highest BCUT2D eigenvalue weighted by Crippen LogP contribution is 2.38. The van der Waals surface area contributed by atoms with Gasteiger partial charge in [0, 0.05) is 11.6 Å². The molecule has 2 fully saturated rings. The molecule has 2 N–H and O–H groups in total. The van der Waals surface area contributed by atoms with Crippen LogP contribution in [0.1, 0.15) is 80.6 Å². The highest BCUT2D eigenvalue weighted by molar-refractivity contribution is 5.89. The van der Waals surface area contributed by atoms with E-state index < -0.39 is 5.97 Å². The maximum Gasteiger partial charge on any atom is 0.335 e. The third-order valence-electron chi connectivity index (χ3n) is 7.58. The topological polar surface area (TPSA) is 84.2 Å². The number of benzene rings is 2. The van der Waals surface area contributed by atoms with Crippen LogP contribution in [-0.2, 0) is 4.79 Å². The number of hydrogen-bond acceptors (Lipinski definition) is 3. The van der Waals surface area contributed by atoms with E-state index in [4.69, 9.17) is 4.98 Å². The van der Waals surface area contributed by atoms with Gasteiger partial charge >= 0.3 is 5.97 Å². The van der Waals surface area contributed by atoms with Crippen LogP contribution < -0.4 is 5.32 Å². The first-order valence-corrected chi connectivity index (χ1v) is 12.7. The zero-order valence-electron chi connectivity index (χ0n) is 19.6. The Morgan fingerprint density at radius 3 is 2.21 bits per heavy atom. The van der Waals surface area contributed by atoms with Crippen LogP contribution in [0.25, 0.3) is 22.4 Å². The number of para-hydroxylation sites is 2. The van der Waals surface area contributed by atoms with Crippen molar-refractivity contribution in [2.24, 2.45) is 5.92 Å². The first-order valence-electron chi connectivity index (χ1n) is 12.7. The lowest BCUT2D eigenvalue weighted by molar-refractivity contribution is -0.127. The van der Waals surface area contributed by atoms with Gasteiger partial charge in [-0.1, -0.05) is 62.8 Å². The minimum Gasteiger partial charge on any atom is -0.478 e. The average Bonchev–Trinajstić information content (AvgIpc) is 3.25. The van der Waals surface area contributed by atoms with Gasteiger partial charge in [-0.15, -0.1) is 0 Å². The Balaban J connectivity index is 1.60. The quantitative estimate of drug-likeness (QED) is 0.475. The number of amides is 1. The van der Waals surface area contributed by atoms with E-state index in [9.17, 15) is 14.7 Å². The molecular weight excluding hydrogens is 426 g/mol. The van der Waals surface area contributed by atoms with Crippen molar-refractivity contribution in [2.45, 2.75) is 76.3 Å². The van der Waals surface area contributed by atoms with E-state index in [2.05, 4.69) is 9.88 Å². The number of rotatable bonds is 6. The van der Waals surface area contributed by atoms with E-state index in [1.54, 1.807) is 24.3 Å². The number of hydrogen-bond donors (Lipinski definition) is 2. The fourth-order valence-corrected chi connectivity index (χ4v) is 5.82. The smallest absolute Gasteiger partial charge is 0.335 e. The standard InChI is InChI=1S/C28H33N3O3/c32-27(29-22-11-5-2-6-12-22)25(19-9-3-1-4-10-19)31-24-14-8-7-13-23(24)30-26(31)20-15-17-21(18-16-20)28(33)34/h7-8,13-19,22,25H,1-6,9-12H2,(H,29,32)(H,33,34). The summed E-state index contributed by atoms with van der Waals surface area (Å²) in [4.78, 5) is 30.3. The summed E-state index contributed by atoms with van der Waals surface area (Å²) in [5, 5.41) is 12.7. The van der Waals surface area contributed by atoms with Gasteiger partial charge in [-0.2, -0.15) is 0 Å². The second-order valence-electron chi connectivity index (χ2n) is 9.86. The molecule has 34 heavy (non-hydrogen) atoms. The number of fused-ring (bicyclic) bond motifs is 1. The van der Waals surface area contributed by atoms with Gasteiger partial charge < -0.3 is 15.0 Å². The van der Waals surface area contributed by atoms with Crippen molar-refractivity contribution in [3.05, 3.63) is 54.1 Å². The van der Waals surface area contributed by atoms with Crippen LogP contribution in [0.15, 0.2) is 48.5 Å². The molecule has 2 aromatic carbocycles. The highest BCUT2D eigenvalue weighted by Gasteiger charge is 2.35. The van der Waals surface area contributed by atoms with Crippen molar-refractivity contribution in [1.82, 2.24) is 14.9 Å². The Bertz CT molecular complexity index is 1160. The highest BCUT2D eigenvalue weighted by atomic mass is 16.4. The van der Waals surface area contributed by atoms with Crippen LogP contribution in [0.4, 0.5) is 0 Å². The van der Waals surface area contributed by atoms with Crippen LogP contribution in [0, 0.1) is 5.92 Å². The van der Waals surface area contributed by atoms with Crippen molar-refractivity contribution in [3.63, 3.8) is 0 Å². The molecule has 0 spiro atoms. The number of carboxylic acids is 1. The Morgan fingerprint density at radius 2 is 1.53 bits per heavy atom. The van der Waals surface area contributed by atoms with E-state index in [1.807, 2.05) is 24.3 Å². The maximum absolute atomic E-state index is 13.9. The molecule has 2 aliphatic carbocycles. The van der Waals surface area contributed by atoms with E-state index in [0.29, 0.717) is 0 Å². The van der Waals surface area contributed by atoms with Crippen molar-refractivity contribution >= 4 is 22.9 Å². The largest absolute Gasteiger partial charge is 0.478 e. The van der Waals surface area contributed by atoms with E-state index in [0.717, 1.165) is 60.9 Å². The molecule has 6 nitrogen and oxygen atoms in total. The molecule has 0 bridgehead atoms. The van der Waals surface area contributed by atoms with Gasteiger partial charge in [0.15, 0.2) is 0 Å². The van der Waals surface area contributed by atoms with Crippen molar-refractivity contribution in [1.29, 1.82) is 0 Å². The van der Waals surface area contributed by atoms with Gasteiger partial charge in [-0.3, -0.25) is 4.79 Å². The van der Waals surface area contributed by atoms with E-state index in [-0.39, 0.29) is 29.5 Å². The summed E-state index contributed by atoms with van der Waals surface area (Å²) in [5.74, 6) is 0.136. The van der Waals surface area contributed by atoms with Gasteiger partial charge in [0.2, 0.25) is 5.91 Å². The zero-order valence-corrected chi connectivity index (χ0v) is 19.6. The Labute approximate surface area is 200 Å². The predicted octanol–water partition coefficient (Wildman–Crippen LogP) is 5.97. The van der Waals surface area contributed by atoms with E-state index in [1.165, 1.54) is 25.7 Å². The number of nitrogens with one attached hydrogen (secondary N) is 1. The van der Waals surface area contributed by atoms with Crippen LogP contribution in [0.5, 0.6) is 0 Å². The van der Waals surface area contributed by atoms with Crippen molar-refractivity contribution in [2.75, 3.05) is 0 Å². The Hall–Kier alpha value is -3.15. The summed E-state index contributed by atoms with van der Waals surface area (Å²) >= 11 is 0. The molecule has 3 aromatic rings. The average molecular weight is 460 g/mol. The molecule has 2 aliphatic rings. The molecule has 6 heteroatoms. The molecule has 2 saturated carbocycles. The SMILES string of the molecule is O=C(O)c1ccc(-c2nc3ccccc3n2C(C(=O)NC2CCCCC2)C2CCCCC2)cc1. The number of aromatic nitrogens is 2. The van der Waals surface area contributed by atoms with Gasteiger partial charge in [-0.25, -0.2) is 9.78 Å². The van der Waals surface area contributed by atoms with Gasteiger partial charge in [0.1, 0.15) is 11.9 Å². The van der Waals surface area contributed by atoms with Gasteiger partial charge in [0.25, 0.3) is 0 Å². The van der Waals surface area contributed by atoms with Crippen molar-refractivity contribution in [3.8, 4) is 11.4 Å². The van der Waals surface area contributed by atoms with Crippen LogP contribution >= 0.6 is 0 Å². The number of imidazole rings is 1. The third-order valence-corrected chi connectivity index (χ3v) is 7.58. The van der Waals surface area contributed by atoms with Crippen LogP contribution in [0.3, 0.4) is 0 Å². The molecule has 0 saturated heterocycles. The molecule has 1 amide bonds. The molecule has 0 aliphatic heterocycles. The first kappa shape index (κ1) is 22.6. The Kier molecular flexibility index (Phi) is 6.66. The lowest BCUT2D eigenvalue weighted by Gasteiger charge is -2.33. The molecule has 1 heterocycles. The number of nitrogens with zero attached hydrogens (tertiary/aromatic N) is 2.